The largest absolute Gasteiger partial charge is 0.351 e. The van der Waals surface area contributed by atoms with Gasteiger partial charge in [0.15, 0.2) is 0 Å². The zero-order chi connectivity index (χ0) is 14.3. The Labute approximate surface area is 114 Å². The summed E-state index contributed by atoms with van der Waals surface area (Å²) in [5.74, 6) is 0.456. The standard InChI is InChI=1S/C13H30N3OP/c1-7-15(5)13(3,4)8-11(2)9-16(10-18-6)12(14)17/h11,18H,7-10H2,1-6H3,(H2,14,17). The SMILES string of the molecule is CCN(C)C(C)(C)CC(C)CN(CPC)C(N)=O. The highest BCUT2D eigenvalue weighted by molar-refractivity contribution is 7.36. The molecule has 0 aliphatic heterocycles. The summed E-state index contributed by atoms with van der Waals surface area (Å²) in [7, 11) is 2.87. The molecule has 108 valence electrons. The Morgan fingerprint density at radius 2 is 2.00 bits per heavy atom. The molecular formula is C13H30N3OP. The van der Waals surface area contributed by atoms with E-state index in [-0.39, 0.29) is 11.6 Å². The van der Waals surface area contributed by atoms with Gasteiger partial charge in [-0.05, 0) is 46.4 Å². The highest BCUT2D eigenvalue weighted by atomic mass is 31.1. The van der Waals surface area contributed by atoms with Gasteiger partial charge in [-0.1, -0.05) is 13.8 Å². The topological polar surface area (TPSA) is 49.6 Å². The summed E-state index contributed by atoms with van der Waals surface area (Å²) in [6, 6.07) is -0.294. The Morgan fingerprint density at radius 3 is 2.39 bits per heavy atom. The lowest BCUT2D eigenvalue weighted by Gasteiger charge is -2.38. The van der Waals surface area contributed by atoms with Gasteiger partial charge in [-0.25, -0.2) is 4.79 Å². The van der Waals surface area contributed by atoms with Crippen molar-refractivity contribution in [3.8, 4) is 0 Å². The molecule has 0 fully saturated rings. The quantitative estimate of drug-likeness (QED) is 0.691. The van der Waals surface area contributed by atoms with Gasteiger partial charge in [0.1, 0.15) is 0 Å². The third-order valence-electron chi connectivity index (χ3n) is 3.55. The van der Waals surface area contributed by atoms with Crippen LogP contribution in [0.3, 0.4) is 0 Å². The van der Waals surface area contributed by atoms with E-state index in [2.05, 4.69) is 46.3 Å². The van der Waals surface area contributed by atoms with E-state index in [1.54, 1.807) is 4.90 Å². The molecule has 0 aromatic heterocycles. The lowest BCUT2D eigenvalue weighted by Crippen LogP contribution is -2.45. The van der Waals surface area contributed by atoms with Gasteiger partial charge in [0.05, 0.1) is 0 Å². The molecular weight excluding hydrogens is 245 g/mol. The van der Waals surface area contributed by atoms with Gasteiger partial charge < -0.3 is 15.5 Å². The van der Waals surface area contributed by atoms with Crippen LogP contribution < -0.4 is 5.73 Å². The Bertz CT molecular complexity index is 259. The lowest BCUT2D eigenvalue weighted by atomic mass is 9.90. The van der Waals surface area contributed by atoms with Crippen molar-refractivity contribution in [2.75, 3.05) is 33.1 Å². The molecule has 0 radical (unpaired) electrons. The maximum absolute atomic E-state index is 11.3. The van der Waals surface area contributed by atoms with E-state index in [0.29, 0.717) is 5.92 Å². The summed E-state index contributed by atoms with van der Waals surface area (Å²) in [5.41, 5.74) is 5.56. The normalized spacial score (nSPS) is 14.4. The van der Waals surface area contributed by atoms with Gasteiger partial charge in [0, 0.05) is 18.4 Å². The van der Waals surface area contributed by atoms with Crippen LogP contribution in [0.1, 0.15) is 34.1 Å². The molecule has 5 heteroatoms. The van der Waals surface area contributed by atoms with Crippen LogP contribution in [-0.4, -0.2) is 54.5 Å². The number of carbonyl (C=O) groups excluding carboxylic acids is 1. The van der Waals surface area contributed by atoms with E-state index in [1.165, 1.54) is 0 Å². The fraction of sp³-hybridized carbons (Fsp3) is 0.923. The zero-order valence-corrected chi connectivity index (χ0v) is 13.8. The average Bonchev–Trinajstić information content (AvgIpc) is 2.26. The smallest absolute Gasteiger partial charge is 0.315 e. The monoisotopic (exact) mass is 275 g/mol. The number of carbonyl (C=O) groups is 1. The van der Waals surface area contributed by atoms with Gasteiger partial charge in [-0.3, -0.25) is 0 Å². The first-order valence-electron chi connectivity index (χ1n) is 6.64. The first kappa shape index (κ1) is 17.7. The zero-order valence-electron chi connectivity index (χ0n) is 12.8. The molecule has 4 nitrogen and oxygen atoms in total. The fourth-order valence-corrected chi connectivity index (χ4v) is 2.97. The van der Waals surface area contributed by atoms with E-state index in [0.717, 1.165) is 34.4 Å². The summed E-state index contributed by atoms with van der Waals surface area (Å²) >= 11 is 0. The maximum atomic E-state index is 11.3. The third-order valence-corrected chi connectivity index (χ3v) is 4.25. The van der Waals surface area contributed by atoms with E-state index in [1.807, 2.05) is 0 Å². The number of nitrogens with two attached hydrogens (primary N) is 1. The average molecular weight is 275 g/mol. The Hall–Kier alpha value is -0.340. The van der Waals surface area contributed by atoms with Gasteiger partial charge in [0.25, 0.3) is 0 Å². The van der Waals surface area contributed by atoms with Crippen LogP contribution >= 0.6 is 8.58 Å². The predicted octanol–water partition coefficient (Wildman–Crippen LogP) is 2.39. The summed E-state index contributed by atoms with van der Waals surface area (Å²) in [6.45, 7) is 12.8. The van der Waals surface area contributed by atoms with Gasteiger partial charge in [-0.15, -0.1) is 8.58 Å². The first-order valence-corrected chi connectivity index (χ1v) is 8.35. The molecule has 0 heterocycles. The molecule has 2 amide bonds. The van der Waals surface area contributed by atoms with Crippen LogP contribution in [0.2, 0.25) is 0 Å². The van der Waals surface area contributed by atoms with Crippen molar-refractivity contribution in [2.45, 2.75) is 39.7 Å². The third kappa shape index (κ3) is 6.01. The van der Waals surface area contributed by atoms with Crippen molar-refractivity contribution in [2.24, 2.45) is 11.7 Å². The van der Waals surface area contributed by atoms with E-state index in [4.69, 9.17) is 5.73 Å². The van der Waals surface area contributed by atoms with Crippen LogP contribution in [0.25, 0.3) is 0 Å². The summed E-state index contributed by atoms with van der Waals surface area (Å²) < 4.78 is 0. The highest BCUT2D eigenvalue weighted by Gasteiger charge is 2.26. The molecule has 18 heavy (non-hydrogen) atoms. The van der Waals surface area contributed by atoms with E-state index < -0.39 is 0 Å². The van der Waals surface area contributed by atoms with Crippen molar-refractivity contribution in [3.05, 3.63) is 0 Å². The Balaban J connectivity index is 4.39. The molecule has 2 N–H and O–H groups in total. The fourth-order valence-electron chi connectivity index (χ4n) is 2.30. The van der Waals surface area contributed by atoms with Crippen molar-refractivity contribution >= 4 is 14.6 Å². The molecule has 0 rings (SSSR count). The minimum Gasteiger partial charge on any atom is -0.351 e. The van der Waals surface area contributed by atoms with Crippen LogP contribution in [0.4, 0.5) is 4.79 Å². The molecule has 0 bridgehead atoms. The second-order valence-corrected chi connectivity index (χ2v) is 6.73. The molecule has 0 aromatic carbocycles. The van der Waals surface area contributed by atoms with Crippen molar-refractivity contribution in [1.82, 2.24) is 9.80 Å². The number of hydrogen-bond donors (Lipinski definition) is 1. The Kier molecular flexibility index (Phi) is 7.81. The maximum Gasteiger partial charge on any atom is 0.315 e. The van der Waals surface area contributed by atoms with Gasteiger partial charge in [-0.2, -0.15) is 0 Å². The molecule has 2 atom stereocenters. The second kappa shape index (κ2) is 7.96. The number of amides is 2. The summed E-state index contributed by atoms with van der Waals surface area (Å²) in [4.78, 5) is 15.4. The summed E-state index contributed by atoms with van der Waals surface area (Å²) in [6.07, 6.45) is 1.84. The minimum atomic E-state index is -0.294. The number of hydrogen-bond acceptors (Lipinski definition) is 2. The molecule has 0 aromatic rings. The predicted molar refractivity (Wildman–Crippen MR) is 81.6 cm³/mol. The van der Waals surface area contributed by atoms with Gasteiger partial charge >= 0.3 is 6.03 Å². The van der Waals surface area contributed by atoms with Crippen LogP contribution in [0, 0.1) is 5.92 Å². The first-order chi connectivity index (χ1) is 8.24. The summed E-state index contributed by atoms with van der Waals surface area (Å²) in [5, 5.41) is 0. The number of rotatable bonds is 8. The van der Waals surface area contributed by atoms with E-state index in [9.17, 15) is 4.79 Å². The molecule has 0 aliphatic rings. The minimum absolute atomic E-state index is 0.159. The number of nitrogens with zero attached hydrogens (tertiary/aromatic N) is 2. The number of primary amides is 1. The Morgan fingerprint density at radius 1 is 1.44 bits per heavy atom. The van der Waals surface area contributed by atoms with Crippen LogP contribution in [0.5, 0.6) is 0 Å². The highest BCUT2D eigenvalue weighted by Crippen LogP contribution is 2.23. The number of urea groups is 1. The van der Waals surface area contributed by atoms with Crippen molar-refractivity contribution < 1.29 is 4.79 Å². The molecule has 0 saturated carbocycles. The molecule has 0 spiro atoms. The van der Waals surface area contributed by atoms with Crippen LogP contribution in [-0.2, 0) is 0 Å². The molecule has 0 aliphatic carbocycles. The second-order valence-electron chi connectivity index (χ2n) is 5.71. The van der Waals surface area contributed by atoms with E-state index >= 15 is 0 Å². The molecule has 0 saturated heterocycles. The lowest BCUT2D eigenvalue weighted by molar-refractivity contribution is 0.124. The van der Waals surface area contributed by atoms with Gasteiger partial charge in [0.2, 0.25) is 0 Å². The van der Waals surface area contributed by atoms with Crippen molar-refractivity contribution in [1.29, 1.82) is 0 Å². The molecule has 2 unspecified atom stereocenters. The van der Waals surface area contributed by atoms with Crippen molar-refractivity contribution in [3.63, 3.8) is 0 Å². The van der Waals surface area contributed by atoms with Crippen LogP contribution in [0.15, 0.2) is 0 Å².